The zero-order valence-electron chi connectivity index (χ0n) is 17.6. The zero-order chi connectivity index (χ0) is 24.6. The van der Waals surface area contributed by atoms with Gasteiger partial charge in [-0.25, -0.2) is 22.0 Å². The maximum atomic E-state index is 14.3. The van der Waals surface area contributed by atoms with Gasteiger partial charge in [-0.05, 0) is 19.1 Å². The largest absolute Gasteiger partial charge is 0.465 e. The summed E-state index contributed by atoms with van der Waals surface area (Å²) in [6.07, 6.45) is -5.36. The number of benzene rings is 2. The van der Waals surface area contributed by atoms with Crippen LogP contribution in [0.4, 0.5) is 13.2 Å². The standard InChI is InChI=1S/C22H18F3NO6S/c1-13-9-11-15(12-10-13)33(29,30)26-18(14-7-5-4-6-8-14)16(20(27)31-2)17(21(28)32-3)19(26)22(23,24)25/h4-12H,1-3H3. The van der Waals surface area contributed by atoms with E-state index in [1.165, 1.54) is 36.4 Å². The van der Waals surface area contributed by atoms with Crippen molar-refractivity contribution in [1.29, 1.82) is 0 Å². The molecule has 11 heteroatoms. The van der Waals surface area contributed by atoms with Gasteiger partial charge in [-0.1, -0.05) is 48.0 Å². The molecule has 0 radical (unpaired) electrons. The predicted molar refractivity (Wildman–Crippen MR) is 111 cm³/mol. The number of carbonyl (C=O) groups is 2. The van der Waals surface area contributed by atoms with Crippen molar-refractivity contribution in [2.24, 2.45) is 0 Å². The summed E-state index contributed by atoms with van der Waals surface area (Å²) in [5, 5.41) is 0. The lowest BCUT2D eigenvalue weighted by Crippen LogP contribution is -2.24. The number of aromatic nitrogens is 1. The second kappa shape index (κ2) is 8.74. The Morgan fingerprint density at radius 2 is 1.36 bits per heavy atom. The van der Waals surface area contributed by atoms with Crippen LogP contribution >= 0.6 is 0 Å². The van der Waals surface area contributed by atoms with Crippen molar-refractivity contribution in [2.45, 2.75) is 18.0 Å². The summed E-state index contributed by atoms with van der Waals surface area (Å²) < 4.78 is 79.2. The Bertz CT molecular complexity index is 1310. The first kappa shape index (κ1) is 24.1. The van der Waals surface area contributed by atoms with Gasteiger partial charge in [0, 0.05) is 5.56 Å². The van der Waals surface area contributed by atoms with Crippen LogP contribution in [0, 0.1) is 6.92 Å². The number of rotatable bonds is 5. The Kier molecular flexibility index (Phi) is 6.37. The van der Waals surface area contributed by atoms with Crippen molar-refractivity contribution < 1.29 is 40.7 Å². The highest BCUT2D eigenvalue weighted by atomic mass is 32.2. The molecule has 0 aliphatic rings. The molecular formula is C22H18F3NO6S. The van der Waals surface area contributed by atoms with Gasteiger partial charge in [-0.2, -0.15) is 13.2 Å². The number of nitrogens with zero attached hydrogens (tertiary/aromatic N) is 1. The Labute approximate surface area is 187 Å². The lowest BCUT2D eigenvalue weighted by atomic mass is 10.0. The molecule has 0 N–H and O–H groups in total. The summed E-state index contributed by atoms with van der Waals surface area (Å²) in [6.45, 7) is 1.67. The molecule has 174 valence electrons. The fraction of sp³-hybridized carbons (Fsp3) is 0.182. The van der Waals surface area contributed by atoms with Crippen molar-refractivity contribution in [3.05, 3.63) is 77.0 Å². The van der Waals surface area contributed by atoms with E-state index in [4.69, 9.17) is 0 Å². The Morgan fingerprint density at radius 3 is 1.85 bits per heavy atom. The van der Waals surface area contributed by atoms with Gasteiger partial charge in [-0.3, -0.25) is 0 Å². The first-order valence-corrected chi connectivity index (χ1v) is 10.8. The first-order chi connectivity index (χ1) is 15.4. The van der Waals surface area contributed by atoms with E-state index in [1.54, 1.807) is 13.0 Å². The molecule has 0 amide bonds. The van der Waals surface area contributed by atoms with Gasteiger partial charge in [-0.15, -0.1) is 0 Å². The monoisotopic (exact) mass is 481 g/mol. The average molecular weight is 481 g/mol. The van der Waals surface area contributed by atoms with Gasteiger partial charge in [0.15, 0.2) is 5.69 Å². The van der Waals surface area contributed by atoms with E-state index in [-0.39, 0.29) is 9.54 Å². The number of aryl methyl sites for hydroxylation is 1. The number of methoxy groups -OCH3 is 2. The first-order valence-electron chi connectivity index (χ1n) is 9.35. The lowest BCUT2D eigenvalue weighted by molar-refractivity contribution is -0.142. The van der Waals surface area contributed by atoms with E-state index < -0.39 is 55.5 Å². The minimum atomic E-state index is -5.36. The Balaban J connectivity index is 2.63. The highest BCUT2D eigenvalue weighted by molar-refractivity contribution is 7.90. The van der Waals surface area contributed by atoms with E-state index >= 15 is 0 Å². The molecule has 0 saturated heterocycles. The molecule has 0 aliphatic heterocycles. The molecule has 3 aromatic rings. The molecule has 33 heavy (non-hydrogen) atoms. The van der Waals surface area contributed by atoms with Crippen LogP contribution in [0.25, 0.3) is 11.3 Å². The normalized spacial score (nSPS) is 11.8. The van der Waals surface area contributed by atoms with E-state index in [2.05, 4.69) is 9.47 Å². The lowest BCUT2D eigenvalue weighted by Gasteiger charge is -2.17. The summed E-state index contributed by atoms with van der Waals surface area (Å²) in [5.41, 5.74) is -4.06. The average Bonchev–Trinajstić information content (AvgIpc) is 3.16. The molecule has 1 aromatic heterocycles. The maximum absolute atomic E-state index is 14.3. The molecule has 3 rings (SSSR count). The number of hydrogen-bond acceptors (Lipinski definition) is 6. The third-order valence-corrected chi connectivity index (χ3v) is 6.50. The smallest absolute Gasteiger partial charge is 0.433 e. The predicted octanol–water partition coefficient (Wildman–Crippen LogP) is 4.29. The van der Waals surface area contributed by atoms with E-state index in [9.17, 15) is 31.2 Å². The van der Waals surface area contributed by atoms with Gasteiger partial charge in [0.1, 0.15) is 11.1 Å². The van der Waals surface area contributed by atoms with Crippen LogP contribution in [-0.4, -0.2) is 38.5 Å². The van der Waals surface area contributed by atoms with Crippen LogP contribution in [0.2, 0.25) is 0 Å². The molecule has 7 nitrogen and oxygen atoms in total. The van der Waals surface area contributed by atoms with Gasteiger partial charge in [0.2, 0.25) is 0 Å². The van der Waals surface area contributed by atoms with E-state index in [0.29, 0.717) is 5.56 Å². The maximum Gasteiger partial charge on any atom is 0.433 e. The highest BCUT2D eigenvalue weighted by Crippen LogP contribution is 2.43. The third-order valence-electron chi connectivity index (χ3n) is 4.78. The molecule has 2 aromatic carbocycles. The minimum Gasteiger partial charge on any atom is -0.465 e. The molecule has 0 atom stereocenters. The number of esters is 2. The number of ether oxygens (including phenoxy) is 2. The summed E-state index contributed by atoms with van der Waals surface area (Å²) in [6, 6.07) is 12.1. The fourth-order valence-corrected chi connectivity index (χ4v) is 4.89. The number of hydrogen-bond donors (Lipinski definition) is 0. The summed E-state index contributed by atoms with van der Waals surface area (Å²) >= 11 is 0. The number of alkyl halides is 3. The molecule has 1 heterocycles. The van der Waals surface area contributed by atoms with Gasteiger partial charge < -0.3 is 9.47 Å². The summed E-state index contributed by atoms with van der Waals surface area (Å²) in [7, 11) is -3.24. The van der Waals surface area contributed by atoms with Crippen LogP contribution in [-0.2, 0) is 25.7 Å². The topological polar surface area (TPSA) is 91.7 Å². The summed E-state index contributed by atoms with van der Waals surface area (Å²) in [5.74, 6) is -2.88. The highest BCUT2D eigenvalue weighted by Gasteiger charge is 2.48. The second-order valence-corrected chi connectivity index (χ2v) is 8.66. The fourth-order valence-electron chi connectivity index (χ4n) is 3.32. The Morgan fingerprint density at radius 1 is 0.848 bits per heavy atom. The van der Waals surface area contributed by atoms with E-state index in [0.717, 1.165) is 26.4 Å². The third kappa shape index (κ3) is 4.23. The van der Waals surface area contributed by atoms with Crippen LogP contribution in [0.15, 0.2) is 59.5 Å². The van der Waals surface area contributed by atoms with Crippen molar-refractivity contribution in [2.75, 3.05) is 14.2 Å². The van der Waals surface area contributed by atoms with Gasteiger partial charge in [0.25, 0.3) is 10.0 Å². The molecule has 0 aliphatic carbocycles. The Hall–Kier alpha value is -3.60. The van der Waals surface area contributed by atoms with Crippen molar-refractivity contribution in [3.63, 3.8) is 0 Å². The van der Waals surface area contributed by atoms with Crippen molar-refractivity contribution >= 4 is 22.0 Å². The van der Waals surface area contributed by atoms with Crippen LogP contribution in [0.5, 0.6) is 0 Å². The molecule has 0 spiro atoms. The van der Waals surface area contributed by atoms with Gasteiger partial charge in [0.05, 0.1) is 24.8 Å². The van der Waals surface area contributed by atoms with Gasteiger partial charge >= 0.3 is 18.1 Å². The molecule has 0 fully saturated rings. The minimum absolute atomic E-state index is 0.0362. The van der Waals surface area contributed by atoms with Crippen molar-refractivity contribution in [3.8, 4) is 11.3 Å². The van der Waals surface area contributed by atoms with Crippen molar-refractivity contribution in [1.82, 2.24) is 3.97 Å². The van der Waals surface area contributed by atoms with Crippen LogP contribution in [0.3, 0.4) is 0 Å². The quantitative estimate of drug-likeness (QED) is 0.505. The second-order valence-electron chi connectivity index (χ2n) is 6.88. The molecule has 0 bridgehead atoms. The number of carbonyl (C=O) groups excluding carboxylic acids is 2. The van der Waals surface area contributed by atoms with E-state index in [1.807, 2.05) is 0 Å². The number of halogens is 3. The van der Waals surface area contributed by atoms with Crippen LogP contribution < -0.4 is 0 Å². The molecule has 0 saturated carbocycles. The SMILES string of the molecule is COC(=O)c1c(C(=O)OC)c(C(F)(F)F)n(S(=O)(=O)c2ccc(C)cc2)c1-c1ccccc1. The van der Waals surface area contributed by atoms with Crippen LogP contribution in [0.1, 0.15) is 32.0 Å². The zero-order valence-corrected chi connectivity index (χ0v) is 18.5. The molecule has 0 unspecified atom stereocenters. The summed E-state index contributed by atoms with van der Waals surface area (Å²) in [4.78, 5) is 24.7. The molecular weight excluding hydrogens is 463 g/mol.